The van der Waals surface area contributed by atoms with Crippen LogP contribution < -0.4 is 4.90 Å². The van der Waals surface area contributed by atoms with Gasteiger partial charge in [0.15, 0.2) is 0 Å². The molecule has 4 heterocycles. The van der Waals surface area contributed by atoms with E-state index in [1.54, 1.807) is 30.7 Å². The summed E-state index contributed by atoms with van der Waals surface area (Å²) in [7, 11) is 2.02. The minimum atomic E-state index is 0.0125. The number of pyridine rings is 1. The zero-order valence-electron chi connectivity index (χ0n) is 17.9. The predicted octanol–water partition coefficient (Wildman–Crippen LogP) is 3.39. The minimum Gasteiger partial charge on any atom is -0.337 e. The number of nitrogens with zero attached hydrogens (tertiary/aromatic N) is 6. The third kappa shape index (κ3) is 3.73. The first kappa shape index (κ1) is 19.9. The molecule has 32 heavy (non-hydrogen) atoms. The molecule has 7 nitrogen and oxygen atoms in total. The Labute approximate surface area is 186 Å². The van der Waals surface area contributed by atoms with Crippen molar-refractivity contribution < 1.29 is 4.79 Å². The van der Waals surface area contributed by atoms with Crippen molar-refractivity contribution in [3.63, 3.8) is 0 Å². The molecule has 1 saturated heterocycles. The third-order valence-corrected chi connectivity index (χ3v) is 5.85. The summed E-state index contributed by atoms with van der Waals surface area (Å²) < 4.78 is 2.09. The predicted molar refractivity (Wildman–Crippen MR) is 126 cm³/mol. The molecule has 1 aliphatic rings. The van der Waals surface area contributed by atoms with Crippen molar-refractivity contribution >= 4 is 29.0 Å². The van der Waals surface area contributed by atoms with Gasteiger partial charge < -0.3 is 14.4 Å². The van der Waals surface area contributed by atoms with E-state index in [-0.39, 0.29) is 5.91 Å². The largest absolute Gasteiger partial charge is 0.337 e. The Balaban J connectivity index is 1.39. The van der Waals surface area contributed by atoms with Gasteiger partial charge in [0.05, 0.1) is 5.69 Å². The number of fused-ring (bicyclic) bond motifs is 1. The number of benzene rings is 1. The lowest BCUT2D eigenvalue weighted by Crippen LogP contribution is -2.48. The molecule has 4 aromatic rings. The Bertz CT molecular complexity index is 1260. The molecule has 1 aliphatic heterocycles. The highest BCUT2D eigenvalue weighted by atomic mass is 16.2. The van der Waals surface area contributed by atoms with Gasteiger partial charge in [-0.3, -0.25) is 4.79 Å². The summed E-state index contributed by atoms with van der Waals surface area (Å²) in [4.78, 5) is 30.1. The van der Waals surface area contributed by atoms with Gasteiger partial charge in [-0.1, -0.05) is 30.3 Å². The van der Waals surface area contributed by atoms with Gasteiger partial charge in [-0.15, -0.1) is 0 Å². The summed E-state index contributed by atoms with van der Waals surface area (Å²) in [6.07, 6.45) is 8.90. The van der Waals surface area contributed by atoms with Crippen molar-refractivity contribution in [1.82, 2.24) is 24.4 Å². The summed E-state index contributed by atoms with van der Waals surface area (Å²) in [6.45, 7) is 2.72. The normalized spacial score (nSPS) is 14.4. The molecular weight excluding hydrogens is 400 g/mol. The van der Waals surface area contributed by atoms with Crippen molar-refractivity contribution in [2.24, 2.45) is 7.05 Å². The van der Waals surface area contributed by atoms with E-state index >= 15 is 0 Å². The summed E-state index contributed by atoms with van der Waals surface area (Å²) >= 11 is 0. The van der Waals surface area contributed by atoms with E-state index in [9.17, 15) is 4.79 Å². The van der Waals surface area contributed by atoms with Crippen LogP contribution >= 0.6 is 0 Å². The molecule has 0 saturated carbocycles. The Kier molecular flexibility index (Phi) is 5.37. The lowest BCUT2D eigenvalue weighted by molar-refractivity contribution is -0.126. The fourth-order valence-electron chi connectivity index (χ4n) is 4.24. The number of amides is 1. The average Bonchev–Trinajstić information content (AvgIpc) is 3.15. The van der Waals surface area contributed by atoms with E-state index in [2.05, 4.69) is 42.6 Å². The average molecular weight is 425 g/mol. The van der Waals surface area contributed by atoms with Gasteiger partial charge in [0, 0.05) is 68.8 Å². The zero-order valence-corrected chi connectivity index (χ0v) is 17.9. The highest BCUT2D eigenvalue weighted by Gasteiger charge is 2.22. The second-order valence-corrected chi connectivity index (χ2v) is 7.76. The highest BCUT2D eigenvalue weighted by molar-refractivity contribution is 6.00. The molecule has 0 atom stereocenters. The molecule has 7 heteroatoms. The number of hydrogen-bond donors (Lipinski definition) is 0. The van der Waals surface area contributed by atoms with Crippen molar-refractivity contribution in [2.75, 3.05) is 31.1 Å². The Morgan fingerprint density at radius 2 is 1.59 bits per heavy atom. The summed E-state index contributed by atoms with van der Waals surface area (Å²) in [5.74, 6) is 0.726. The number of rotatable bonds is 4. The van der Waals surface area contributed by atoms with Gasteiger partial charge >= 0.3 is 0 Å². The van der Waals surface area contributed by atoms with Gasteiger partial charge in [0.1, 0.15) is 5.65 Å². The van der Waals surface area contributed by atoms with Gasteiger partial charge in [0.2, 0.25) is 11.9 Å². The molecule has 0 bridgehead atoms. The summed E-state index contributed by atoms with van der Waals surface area (Å²) in [6, 6.07) is 16.0. The van der Waals surface area contributed by atoms with Gasteiger partial charge in [-0.05, 0) is 29.8 Å². The standard InChI is InChI=1S/C25H24N6O/c1-29-23(19-7-3-2-4-8-19)20(21-9-5-12-26-24(21)29)10-11-22(32)30-15-17-31(18-16-30)25-27-13-6-14-28-25/h2-14H,15-18H2,1H3/b11-10+. The maximum absolute atomic E-state index is 13.0. The summed E-state index contributed by atoms with van der Waals surface area (Å²) in [5, 5.41) is 1.03. The van der Waals surface area contributed by atoms with Crippen LogP contribution in [0.3, 0.4) is 0 Å². The Morgan fingerprint density at radius 3 is 2.34 bits per heavy atom. The van der Waals surface area contributed by atoms with Crippen LogP contribution in [0.25, 0.3) is 28.4 Å². The lowest BCUT2D eigenvalue weighted by atomic mass is 10.1. The molecule has 1 aromatic carbocycles. The molecule has 0 spiro atoms. The maximum Gasteiger partial charge on any atom is 0.246 e. The van der Waals surface area contributed by atoms with Crippen molar-refractivity contribution in [1.29, 1.82) is 0 Å². The van der Waals surface area contributed by atoms with Crippen LogP contribution in [0.1, 0.15) is 5.56 Å². The SMILES string of the molecule is Cn1c(-c2ccccc2)c(/C=C/C(=O)N2CCN(c3ncccn3)CC2)c2cccnc21. The monoisotopic (exact) mass is 424 g/mol. The zero-order chi connectivity index (χ0) is 21.9. The topological polar surface area (TPSA) is 67.2 Å². The van der Waals surface area contributed by atoms with Crippen molar-refractivity contribution in [3.05, 3.63) is 78.8 Å². The van der Waals surface area contributed by atoms with Crippen LogP contribution in [-0.2, 0) is 11.8 Å². The Morgan fingerprint density at radius 1 is 0.875 bits per heavy atom. The second kappa shape index (κ2) is 8.63. The van der Waals surface area contributed by atoms with Crippen LogP contribution in [0, 0.1) is 0 Å². The minimum absolute atomic E-state index is 0.0125. The van der Waals surface area contributed by atoms with Crippen LogP contribution in [0.15, 0.2) is 73.2 Å². The molecule has 1 amide bonds. The Hall–Kier alpha value is -4.00. The number of anilines is 1. The lowest BCUT2D eigenvalue weighted by Gasteiger charge is -2.34. The number of carbonyl (C=O) groups is 1. The molecule has 0 N–H and O–H groups in total. The number of aromatic nitrogens is 4. The first-order chi connectivity index (χ1) is 15.7. The molecule has 0 unspecified atom stereocenters. The highest BCUT2D eigenvalue weighted by Crippen LogP contribution is 2.33. The number of aryl methyl sites for hydroxylation is 1. The fraction of sp³-hybridized carbons (Fsp3) is 0.200. The van der Waals surface area contributed by atoms with Crippen LogP contribution in [0.4, 0.5) is 5.95 Å². The van der Waals surface area contributed by atoms with E-state index < -0.39 is 0 Å². The molecule has 1 fully saturated rings. The molecule has 160 valence electrons. The van der Waals surface area contributed by atoms with E-state index in [0.29, 0.717) is 19.0 Å². The molecule has 5 rings (SSSR count). The van der Waals surface area contributed by atoms with E-state index in [0.717, 1.165) is 40.9 Å². The van der Waals surface area contributed by atoms with Crippen molar-refractivity contribution in [3.8, 4) is 11.3 Å². The van der Waals surface area contributed by atoms with Crippen LogP contribution in [-0.4, -0.2) is 56.5 Å². The fourth-order valence-corrected chi connectivity index (χ4v) is 4.24. The van der Waals surface area contributed by atoms with E-state index in [4.69, 9.17) is 0 Å². The van der Waals surface area contributed by atoms with Gasteiger partial charge in [-0.2, -0.15) is 0 Å². The molecule has 0 radical (unpaired) electrons. The van der Waals surface area contributed by atoms with Gasteiger partial charge in [0.25, 0.3) is 0 Å². The number of carbonyl (C=O) groups excluding carboxylic acids is 1. The summed E-state index contributed by atoms with van der Waals surface area (Å²) in [5.41, 5.74) is 4.05. The van der Waals surface area contributed by atoms with Crippen LogP contribution in [0.2, 0.25) is 0 Å². The van der Waals surface area contributed by atoms with Crippen LogP contribution in [0.5, 0.6) is 0 Å². The van der Waals surface area contributed by atoms with E-state index in [1.165, 1.54) is 0 Å². The molecular formula is C25H24N6O. The number of piperazine rings is 1. The van der Waals surface area contributed by atoms with E-state index in [1.807, 2.05) is 42.3 Å². The molecule has 3 aromatic heterocycles. The molecule has 0 aliphatic carbocycles. The third-order valence-electron chi connectivity index (χ3n) is 5.85. The van der Waals surface area contributed by atoms with Gasteiger partial charge in [-0.25, -0.2) is 15.0 Å². The second-order valence-electron chi connectivity index (χ2n) is 7.76. The quantitative estimate of drug-likeness (QED) is 0.470. The first-order valence-corrected chi connectivity index (χ1v) is 10.7. The smallest absolute Gasteiger partial charge is 0.246 e. The van der Waals surface area contributed by atoms with Crippen molar-refractivity contribution in [2.45, 2.75) is 0 Å². The maximum atomic E-state index is 13.0. The first-order valence-electron chi connectivity index (χ1n) is 10.7. The number of hydrogen-bond acceptors (Lipinski definition) is 5.